The van der Waals surface area contributed by atoms with E-state index in [1.165, 1.54) is 18.2 Å². The monoisotopic (exact) mass is 357 g/mol. The van der Waals surface area contributed by atoms with Crippen molar-refractivity contribution in [3.8, 4) is 5.75 Å². The summed E-state index contributed by atoms with van der Waals surface area (Å²) in [6, 6.07) is 13.7. The second-order valence-corrected chi connectivity index (χ2v) is 6.02. The summed E-state index contributed by atoms with van der Waals surface area (Å²) < 4.78 is 5.32. The number of nitro benzene ring substituents is 1. The second-order valence-electron chi connectivity index (χ2n) is 6.02. The minimum Gasteiger partial charge on any atom is -0.484 e. The van der Waals surface area contributed by atoms with Crippen LogP contribution < -0.4 is 15.0 Å². The molecule has 0 heterocycles. The molecule has 1 amide bonds. The highest BCUT2D eigenvalue weighted by Gasteiger charge is 2.10. The fourth-order valence-electron chi connectivity index (χ4n) is 2.61. The summed E-state index contributed by atoms with van der Waals surface area (Å²) in [5, 5.41) is 13.5. The third-order valence-electron chi connectivity index (χ3n) is 3.85. The predicted molar refractivity (Wildman–Crippen MR) is 102 cm³/mol. The molecule has 0 saturated heterocycles. The molecule has 0 aromatic heterocycles. The molecule has 1 N–H and O–H groups in total. The van der Waals surface area contributed by atoms with E-state index in [1.807, 2.05) is 24.3 Å². The van der Waals surface area contributed by atoms with E-state index in [4.69, 9.17) is 4.74 Å². The number of ether oxygens (including phenoxy) is 1. The van der Waals surface area contributed by atoms with E-state index in [9.17, 15) is 14.9 Å². The van der Waals surface area contributed by atoms with E-state index in [-0.39, 0.29) is 24.0 Å². The Morgan fingerprint density at radius 3 is 2.50 bits per heavy atom. The van der Waals surface area contributed by atoms with Crippen molar-refractivity contribution in [2.75, 3.05) is 23.4 Å². The average Bonchev–Trinajstić information content (AvgIpc) is 2.62. The van der Waals surface area contributed by atoms with Gasteiger partial charge >= 0.3 is 0 Å². The van der Waals surface area contributed by atoms with Crippen molar-refractivity contribution in [1.29, 1.82) is 0 Å². The topological polar surface area (TPSA) is 84.7 Å². The van der Waals surface area contributed by atoms with Gasteiger partial charge in [-0.1, -0.05) is 6.07 Å². The molecular formula is C19H23N3O4. The molecule has 2 rings (SSSR count). The van der Waals surface area contributed by atoms with E-state index in [0.29, 0.717) is 11.7 Å². The Kier molecular flexibility index (Phi) is 6.54. The lowest BCUT2D eigenvalue weighted by molar-refractivity contribution is -0.384. The number of rotatable bonds is 8. The first-order valence-electron chi connectivity index (χ1n) is 8.44. The van der Waals surface area contributed by atoms with Crippen molar-refractivity contribution < 1.29 is 14.5 Å². The Bertz CT molecular complexity index is 760. The number of anilines is 2. The lowest BCUT2D eigenvalue weighted by Gasteiger charge is -2.27. The van der Waals surface area contributed by atoms with Crippen LogP contribution in [0.5, 0.6) is 5.75 Å². The van der Waals surface area contributed by atoms with Gasteiger partial charge in [-0.25, -0.2) is 0 Å². The fourth-order valence-corrected chi connectivity index (χ4v) is 2.61. The first kappa shape index (κ1) is 19.2. The molecule has 0 spiro atoms. The van der Waals surface area contributed by atoms with Gasteiger partial charge in [-0.2, -0.15) is 0 Å². The zero-order chi connectivity index (χ0) is 19.1. The molecule has 7 nitrogen and oxygen atoms in total. The van der Waals surface area contributed by atoms with Crippen LogP contribution in [0.1, 0.15) is 20.8 Å². The van der Waals surface area contributed by atoms with Gasteiger partial charge in [-0.3, -0.25) is 14.9 Å². The molecule has 0 aliphatic rings. The van der Waals surface area contributed by atoms with Crippen LogP contribution in [0.15, 0.2) is 48.5 Å². The summed E-state index contributed by atoms with van der Waals surface area (Å²) in [6.45, 7) is 7.03. The van der Waals surface area contributed by atoms with Crippen molar-refractivity contribution in [3.63, 3.8) is 0 Å². The fraction of sp³-hybridized carbons (Fsp3) is 0.316. The molecule has 2 aromatic carbocycles. The number of benzene rings is 2. The predicted octanol–water partition coefficient (Wildman–Crippen LogP) is 3.85. The number of hydrogen-bond acceptors (Lipinski definition) is 5. The molecule has 138 valence electrons. The van der Waals surface area contributed by atoms with E-state index in [0.717, 1.165) is 12.2 Å². The van der Waals surface area contributed by atoms with Crippen LogP contribution in [0.4, 0.5) is 17.1 Å². The summed E-state index contributed by atoms with van der Waals surface area (Å²) in [5.74, 6) is -0.0549. The number of nitrogens with zero attached hydrogens (tertiary/aromatic N) is 2. The maximum absolute atomic E-state index is 12.0. The zero-order valence-corrected chi connectivity index (χ0v) is 15.1. The van der Waals surface area contributed by atoms with E-state index in [1.54, 1.807) is 6.07 Å². The van der Waals surface area contributed by atoms with E-state index >= 15 is 0 Å². The number of nitro groups is 1. The summed E-state index contributed by atoms with van der Waals surface area (Å²) in [6.07, 6.45) is 0. The van der Waals surface area contributed by atoms with Crippen LogP contribution in [0.25, 0.3) is 0 Å². The van der Waals surface area contributed by atoms with Gasteiger partial charge in [-0.15, -0.1) is 0 Å². The number of carbonyl (C=O) groups excluding carboxylic acids is 1. The smallest absolute Gasteiger partial charge is 0.273 e. The maximum atomic E-state index is 12.0. The molecule has 0 aliphatic carbocycles. The molecule has 26 heavy (non-hydrogen) atoms. The Hall–Kier alpha value is -3.09. The summed E-state index contributed by atoms with van der Waals surface area (Å²) in [4.78, 5) is 24.5. The molecule has 0 radical (unpaired) electrons. The quantitative estimate of drug-likeness (QED) is 0.573. The van der Waals surface area contributed by atoms with Crippen LogP contribution in [0.3, 0.4) is 0 Å². The van der Waals surface area contributed by atoms with Gasteiger partial charge < -0.3 is 15.0 Å². The highest BCUT2D eigenvalue weighted by molar-refractivity contribution is 5.92. The molecule has 0 saturated carbocycles. The van der Waals surface area contributed by atoms with E-state index in [2.05, 4.69) is 31.0 Å². The molecule has 2 aromatic rings. The van der Waals surface area contributed by atoms with Crippen molar-refractivity contribution in [1.82, 2.24) is 0 Å². The Balaban J connectivity index is 1.91. The summed E-state index contributed by atoms with van der Waals surface area (Å²) in [5.41, 5.74) is 1.68. The van der Waals surface area contributed by atoms with Gasteiger partial charge in [-0.05, 0) is 51.1 Å². The highest BCUT2D eigenvalue weighted by Crippen LogP contribution is 2.21. The third-order valence-corrected chi connectivity index (χ3v) is 3.85. The standard InChI is InChI=1S/C19H23N3O4/c1-4-21(14(2)3)16-10-8-15(9-11-16)20-19(23)13-26-18-7-5-6-17(12-18)22(24)25/h5-12,14H,4,13H2,1-3H3,(H,20,23). The SMILES string of the molecule is CCN(c1ccc(NC(=O)COc2cccc([N+](=O)[O-])c2)cc1)C(C)C. The summed E-state index contributed by atoms with van der Waals surface area (Å²) in [7, 11) is 0. The number of carbonyl (C=O) groups is 1. The molecule has 7 heteroatoms. The van der Waals surface area contributed by atoms with Gasteiger partial charge in [0.15, 0.2) is 6.61 Å². The highest BCUT2D eigenvalue weighted by atomic mass is 16.6. The zero-order valence-electron chi connectivity index (χ0n) is 15.1. The van der Waals surface area contributed by atoms with Crippen LogP contribution in [-0.2, 0) is 4.79 Å². The molecule has 0 fully saturated rings. The van der Waals surface area contributed by atoms with E-state index < -0.39 is 4.92 Å². The number of amides is 1. The Morgan fingerprint density at radius 1 is 1.23 bits per heavy atom. The van der Waals surface area contributed by atoms with Crippen molar-refractivity contribution in [2.45, 2.75) is 26.8 Å². The largest absolute Gasteiger partial charge is 0.484 e. The first-order chi connectivity index (χ1) is 12.4. The minimum absolute atomic E-state index is 0.0795. The number of hydrogen-bond donors (Lipinski definition) is 1. The normalized spacial score (nSPS) is 10.5. The van der Waals surface area contributed by atoms with Gasteiger partial charge in [0.25, 0.3) is 11.6 Å². The van der Waals surface area contributed by atoms with Gasteiger partial charge in [0.1, 0.15) is 5.75 Å². The van der Waals surface area contributed by atoms with Crippen LogP contribution in [-0.4, -0.2) is 30.0 Å². The third kappa shape index (κ3) is 5.20. The second kappa shape index (κ2) is 8.84. The Labute approximate surface area is 152 Å². The van der Waals surface area contributed by atoms with Crippen LogP contribution >= 0.6 is 0 Å². The van der Waals surface area contributed by atoms with Crippen molar-refractivity contribution in [2.24, 2.45) is 0 Å². The summed E-state index contributed by atoms with van der Waals surface area (Å²) >= 11 is 0. The van der Waals surface area contributed by atoms with Gasteiger partial charge in [0.05, 0.1) is 11.0 Å². The van der Waals surface area contributed by atoms with Crippen molar-refractivity contribution >= 4 is 23.0 Å². The number of non-ortho nitro benzene ring substituents is 1. The first-order valence-corrected chi connectivity index (χ1v) is 8.44. The van der Waals surface area contributed by atoms with Gasteiger partial charge in [0.2, 0.25) is 0 Å². The van der Waals surface area contributed by atoms with Crippen molar-refractivity contribution in [3.05, 3.63) is 58.6 Å². The molecule has 0 atom stereocenters. The molecular weight excluding hydrogens is 334 g/mol. The molecule has 0 aliphatic heterocycles. The van der Waals surface area contributed by atoms with Crippen LogP contribution in [0, 0.1) is 10.1 Å². The maximum Gasteiger partial charge on any atom is 0.273 e. The van der Waals surface area contributed by atoms with Crippen LogP contribution in [0.2, 0.25) is 0 Å². The molecule has 0 unspecified atom stereocenters. The Morgan fingerprint density at radius 2 is 1.92 bits per heavy atom. The average molecular weight is 357 g/mol. The minimum atomic E-state index is -0.509. The number of nitrogens with one attached hydrogen (secondary N) is 1. The lowest BCUT2D eigenvalue weighted by atomic mass is 10.2. The molecule has 0 bridgehead atoms. The lowest BCUT2D eigenvalue weighted by Crippen LogP contribution is -2.30. The van der Waals surface area contributed by atoms with Gasteiger partial charge in [0, 0.05) is 30.0 Å².